The fourth-order valence-corrected chi connectivity index (χ4v) is 3.24. The molecule has 0 unspecified atom stereocenters. The molecule has 1 aliphatic rings. The zero-order valence-electron chi connectivity index (χ0n) is 12.7. The molecule has 0 radical (unpaired) electrons. The molecular weight excluding hydrogens is 336 g/mol. The van der Waals surface area contributed by atoms with Crippen molar-refractivity contribution in [2.24, 2.45) is 0 Å². The quantitative estimate of drug-likeness (QED) is 0.923. The third-order valence-electron chi connectivity index (χ3n) is 3.78. The first-order valence-corrected chi connectivity index (χ1v) is 8.44. The van der Waals surface area contributed by atoms with E-state index in [-0.39, 0.29) is 16.7 Å². The third kappa shape index (κ3) is 3.43. The van der Waals surface area contributed by atoms with Crippen LogP contribution in [-0.4, -0.2) is 34.8 Å². The fraction of sp³-hybridized carbons (Fsp3) is 0.312. The number of hydrogen-bond acceptors (Lipinski definition) is 4. The van der Waals surface area contributed by atoms with Crippen LogP contribution in [0.2, 0.25) is 0 Å². The first kappa shape index (κ1) is 16.5. The van der Waals surface area contributed by atoms with E-state index in [1.54, 1.807) is 4.90 Å². The molecule has 1 fully saturated rings. The van der Waals surface area contributed by atoms with Crippen LogP contribution in [0.4, 0.5) is 13.9 Å². The predicted octanol–water partition coefficient (Wildman–Crippen LogP) is 3.30. The van der Waals surface area contributed by atoms with Crippen LogP contribution in [0.3, 0.4) is 0 Å². The molecule has 126 valence electrons. The molecule has 1 N–H and O–H groups in total. The van der Waals surface area contributed by atoms with E-state index in [9.17, 15) is 18.4 Å². The number of benzene rings is 1. The van der Waals surface area contributed by atoms with Gasteiger partial charge in [0.15, 0.2) is 5.13 Å². The van der Waals surface area contributed by atoms with Crippen molar-refractivity contribution in [3.05, 3.63) is 46.5 Å². The Kier molecular flexibility index (Phi) is 4.84. The molecule has 0 spiro atoms. The minimum atomic E-state index is -0.950. The van der Waals surface area contributed by atoms with Crippen molar-refractivity contribution in [2.75, 3.05) is 18.4 Å². The Morgan fingerprint density at radius 1 is 1.12 bits per heavy atom. The number of nitrogens with zero attached hydrogens (tertiary/aromatic N) is 2. The van der Waals surface area contributed by atoms with Gasteiger partial charge < -0.3 is 4.90 Å². The van der Waals surface area contributed by atoms with E-state index in [2.05, 4.69) is 10.3 Å². The molecule has 1 aromatic carbocycles. The van der Waals surface area contributed by atoms with E-state index < -0.39 is 23.1 Å². The Balaban J connectivity index is 1.72. The average molecular weight is 351 g/mol. The van der Waals surface area contributed by atoms with Gasteiger partial charge in [0.05, 0.1) is 0 Å². The van der Waals surface area contributed by atoms with Gasteiger partial charge >= 0.3 is 0 Å². The molecule has 1 saturated heterocycles. The van der Waals surface area contributed by atoms with E-state index in [4.69, 9.17) is 0 Å². The summed E-state index contributed by atoms with van der Waals surface area (Å²) in [6.45, 7) is 1.39. The number of aromatic nitrogens is 1. The molecule has 0 bridgehead atoms. The molecule has 2 amide bonds. The molecule has 1 aromatic heterocycles. The molecule has 1 aliphatic heterocycles. The second kappa shape index (κ2) is 7.04. The zero-order valence-corrected chi connectivity index (χ0v) is 13.5. The van der Waals surface area contributed by atoms with Crippen LogP contribution in [-0.2, 0) is 0 Å². The first-order chi connectivity index (χ1) is 11.6. The van der Waals surface area contributed by atoms with Gasteiger partial charge in [-0.15, -0.1) is 11.3 Å². The number of thiazole rings is 1. The van der Waals surface area contributed by atoms with Crippen molar-refractivity contribution in [3.63, 3.8) is 0 Å². The molecule has 3 rings (SSSR count). The SMILES string of the molecule is O=C(Nc1nc(C(=O)N2CCCCC2)cs1)c1c(F)cccc1F. The number of hydrogen-bond donors (Lipinski definition) is 1. The molecule has 2 aromatic rings. The van der Waals surface area contributed by atoms with Crippen LogP contribution in [0.25, 0.3) is 0 Å². The Labute approximate surface area is 141 Å². The molecule has 0 atom stereocenters. The third-order valence-corrected chi connectivity index (χ3v) is 4.53. The standard InChI is InChI=1S/C16H15F2N3O2S/c17-10-5-4-6-11(18)13(10)14(22)20-16-19-12(9-24-16)15(23)21-7-2-1-3-8-21/h4-6,9H,1-3,7-8H2,(H,19,20,22). The molecule has 2 heterocycles. The summed E-state index contributed by atoms with van der Waals surface area (Å²) in [6, 6.07) is 3.19. The van der Waals surface area contributed by atoms with Crippen LogP contribution < -0.4 is 5.32 Å². The summed E-state index contributed by atoms with van der Waals surface area (Å²) in [4.78, 5) is 30.1. The lowest BCUT2D eigenvalue weighted by Gasteiger charge is -2.25. The van der Waals surface area contributed by atoms with Gasteiger partial charge in [-0.1, -0.05) is 6.07 Å². The molecule has 0 saturated carbocycles. The maximum absolute atomic E-state index is 13.6. The summed E-state index contributed by atoms with van der Waals surface area (Å²) in [5.74, 6) is -3.03. The number of anilines is 1. The lowest BCUT2D eigenvalue weighted by atomic mass is 10.1. The maximum Gasteiger partial charge on any atom is 0.273 e. The van der Waals surface area contributed by atoms with E-state index in [0.717, 1.165) is 42.7 Å². The van der Waals surface area contributed by atoms with Crippen LogP contribution in [0, 0.1) is 11.6 Å². The van der Waals surface area contributed by atoms with Crippen LogP contribution in [0.5, 0.6) is 0 Å². The topological polar surface area (TPSA) is 62.3 Å². The highest BCUT2D eigenvalue weighted by Crippen LogP contribution is 2.21. The average Bonchev–Trinajstić information content (AvgIpc) is 3.03. The van der Waals surface area contributed by atoms with E-state index in [0.29, 0.717) is 13.1 Å². The summed E-state index contributed by atoms with van der Waals surface area (Å²) in [6.07, 6.45) is 3.04. The highest BCUT2D eigenvalue weighted by atomic mass is 32.1. The molecule has 0 aliphatic carbocycles. The number of amides is 2. The van der Waals surface area contributed by atoms with E-state index >= 15 is 0 Å². The largest absolute Gasteiger partial charge is 0.337 e. The monoisotopic (exact) mass is 351 g/mol. The number of carbonyl (C=O) groups excluding carboxylic acids is 2. The molecule has 24 heavy (non-hydrogen) atoms. The summed E-state index contributed by atoms with van der Waals surface area (Å²) in [7, 11) is 0. The molecule has 5 nitrogen and oxygen atoms in total. The Morgan fingerprint density at radius 3 is 2.46 bits per heavy atom. The number of piperidine rings is 1. The molecular formula is C16H15F2N3O2S. The van der Waals surface area contributed by atoms with Crippen molar-refractivity contribution in [1.82, 2.24) is 9.88 Å². The number of likely N-dealkylation sites (tertiary alicyclic amines) is 1. The van der Waals surface area contributed by atoms with Crippen LogP contribution >= 0.6 is 11.3 Å². The van der Waals surface area contributed by atoms with Gasteiger partial charge in [-0.25, -0.2) is 13.8 Å². The van der Waals surface area contributed by atoms with Crippen LogP contribution in [0.15, 0.2) is 23.6 Å². The number of halogens is 2. The highest BCUT2D eigenvalue weighted by Gasteiger charge is 2.22. The second-order valence-electron chi connectivity index (χ2n) is 5.44. The predicted molar refractivity (Wildman–Crippen MR) is 86.2 cm³/mol. The van der Waals surface area contributed by atoms with Gasteiger partial charge in [-0.3, -0.25) is 14.9 Å². The summed E-state index contributed by atoms with van der Waals surface area (Å²) in [5, 5.41) is 4.00. The van der Waals surface area contributed by atoms with Gasteiger partial charge in [0.25, 0.3) is 11.8 Å². The van der Waals surface area contributed by atoms with Gasteiger partial charge in [0, 0.05) is 18.5 Å². The van der Waals surface area contributed by atoms with E-state index in [1.807, 2.05) is 0 Å². The fourth-order valence-electron chi connectivity index (χ4n) is 2.56. The van der Waals surface area contributed by atoms with Crippen molar-refractivity contribution < 1.29 is 18.4 Å². The number of rotatable bonds is 3. The maximum atomic E-state index is 13.6. The van der Waals surface area contributed by atoms with Gasteiger partial charge in [-0.05, 0) is 31.4 Å². The lowest BCUT2D eigenvalue weighted by molar-refractivity contribution is 0.0719. The van der Waals surface area contributed by atoms with Gasteiger partial charge in [0.1, 0.15) is 22.9 Å². The van der Waals surface area contributed by atoms with Crippen LogP contribution in [0.1, 0.15) is 40.1 Å². The minimum absolute atomic E-state index is 0.128. The zero-order chi connectivity index (χ0) is 17.1. The molecule has 8 heteroatoms. The van der Waals surface area contributed by atoms with Crippen molar-refractivity contribution >= 4 is 28.3 Å². The Morgan fingerprint density at radius 2 is 1.79 bits per heavy atom. The Hall–Kier alpha value is -2.35. The summed E-state index contributed by atoms with van der Waals surface area (Å²) < 4.78 is 27.2. The van der Waals surface area contributed by atoms with Gasteiger partial charge in [-0.2, -0.15) is 0 Å². The normalized spacial score (nSPS) is 14.5. The first-order valence-electron chi connectivity index (χ1n) is 7.56. The minimum Gasteiger partial charge on any atom is -0.337 e. The van der Waals surface area contributed by atoms with Crippen molar-refractivity contribution in [2.45, 2.75) is 19.3 Å². The Bertz CT molecular complexity index is 752. The highest BCUT2D eigenvalue weighted by molar-refractivity contribution is 7.14. The smallest absolute Gasteiger partial charge is 0.273 e. The second-order valence-corrected chi connectivity index (χ2v) is 6.30. The lowest BCUT2D eigenvalue weighted by Crippen LogP contribution is -2.35. The number of nitrogens with one attached hydrogen (secondary N) is 1. The van der Waals surface area contributed by atoms with E-state index in [1.165, 1.54) is 11.4 Å². The summed E-state index contributed by atoms with van der Waals surface area (Å²) in [5.41, 5.74) is -0.442. The van der Waals surface area contributed by atoms with Gasteiger partial charge in [0.2, 0.25) is 0 Å². The van der Waals surface area contributed by atoms with Crippen molar-refractivity contribution in [1.29, 1.82) is 0 Å². The number of carbonyl (C=O) groups is 2. The summed E-state index contributed by atoms with van der Waals surface area (Å²) >= 11 is 1.04. The van der Waals surface area contributed by atoms with Crippen molar-refractivity contribution in [3.8, 4) is 0 Å².